The van der Waals surface area contributed by atoms with Gasteiger partial charge in [-0.3, -0.25) is 9.59 Å². The maximum atomic E-state index is 11.1. The molecule has 0 aliphatic heterocycles. The minimum atomic E-state index is -0.657. The number of carbonyl (C=O) groups excluding carboxylic acids is 2. The predicted octanol–water partition coefficient (Wildman–Crippen LogP) is 1.03. The van der Waals surface area contributed by atoms with E-state index in [0.717, 1.165) is 6.42 Å². The number of ether oxygens (including phenoxy) is 1. The molecule has 0 heterocycles. The summed E-state index contributed by atoms with van der Waals surface area (Å²) in [5.74, 6) is -0.260. The van der Waals surface area contributed by atoms with Crippen LogP contribution in [0.15, 0.2) is 0 Å². The van der Waals surface area contributed by atoms with Gasteiger partial charge in [-0.15, -0.1) is 0 Å². The Bertz CT molecular complexity index is 192. The van der Waals surface area contributed by atoms with Crippen molar-refractivity contribution in [1.29, 1.82) is 0 Å². The molecule has 2 N–H and O–H groups in total. The van der Waals surface area contributed by atoms with Gasteiger partial charge in [-0.1, -0.05) is 6.92 Å². The fourth-order valence-corrected chi connectivity index (χ4v) is 1.09. The van der Waals surface area contributed by atoms with Crippen molar-refractivity contribution in [3.63, 3.8) is 0 Å². The molecule has 0 aliphatic carbocycles. The molecule has 0 spiro atoms. The zero-order chi connectivity index (χ0) is 11.0. The Hall–Kier alpha value is -0.900. The summed E-state index contributed by atoms with van der Waals surface area (Å²) in [5.41, 5.74) is 5.52. The highest BCUT2D eigenvalue weighted by atomic mass is 16.5. The Labute approximate surface area is 84.8 Å². The number of hydrogen-bond acceptors (Lipinski definition) is 4. The Morgan fingerprint density at radius 3 is 2.43 bits per heavy atom. The zero-order valence-corrected chi connectivity index (χ0v) is 8.91. The molecule has 0 rings (SSSR count). The standard InChI is InChI=1S/C10H19NO3/c1-3-5-8(12)6-7-9(11)10(13)14-4-2/h9H,3-7,11H2,1-2H3/t9-/m0/s1. The van der Waals surface area contributed by atoms with Crippen molar-refractivity contribution in [2.24, 2.45) is 5.73 Å². The van der Waals surface area contributed by atoms with Crippen molar-refractivity contribution in [2.45, 2.75) is 45.6 Å². The largest absolute Gasteiger partial charge is 0.465 e. The number of Topliss-reactive ketones (excluding diaryl/α,β-unsaturated/α-hetero) is 1. The van der Waals surface area contributed by atoms with Crippen LogP contribution in [-0.2, 0) is 14.3 Å². The number of esters is 1. The van der Waals surface area contributed by atoms with Crippen LogP contribution in [0.5, 0.6) is 0 Å². The molecule has 0 bridgehead atoms. The molecule has 4 nitrogen and oxygen atoms in total. The van der Waals surface area contributed by atoms with E-state index in [1.807, 2.05) is 6.92 Å². The Morgan fingerprint density at radius 1 is 1.29 bits per heavy atom. The third kappa shape index (κ3) is 5.70. The summed E-state index contributed by atoms with van der Waals surface area (Å²) in [4.78, 5) is 22.2. The average molecular weight is 201 g/mol. The molecule has 0 fully saturated rings. The predicted molar refractivity (Wildman–Crippen MR) is 53.8 cm³/mol. The van der Waals surface area contributed by atoms with E-state index in [1.165, 1.54) is 0 Å². The second-order valence-electron chi connectivity index (χ2n) is 3.19. The Balaban J connectivity index is 3.67. The van der Waals surface area contributed by atoms with Gasteiger partial charge >= 0.3 is 5.97 Å². The smallest absolute Gasteiger partial charge is 0.322 e. The molecule has 0 unspecified atom stereocenters. The lowest BCUT2D eigenvalue weighted by Gasteiger charge is -2.09. The number of ketones is 1. The van der Waals surface area contributed by atoms with Gasteiger partial charge in [-0.2, -0.15) is 0 Å². The Kier molecular flexibility index (Phi) is 7.02. The lowest BCUT2D eigenvalue weighted by Crippen LogP contribution is -2.32. The van der Waals surface area contributed by atoms with Crippen molar-refractivity contribution < 1.29 is 14.3 Å². The van der Waals surface area contributed by atoms with Gasteiger partial charge in [0.15, 0.2) is 0 Å². The average Bonchev–Trinajstić information content (AvgIpc) is 2.15. The van der Waals surface area contributed by atoms with Gasteiger partial charge in [-0.05, 0) is 19.8 Å². The van der Waals surface area contributed by atoms with Crippen LogP contribution in [0.25, 0.3) is 0 Å². The summed E-state index contributed by atoms with van der Waals surface area (Å²) in [6, 6.07) is -0.657. The number of nitrogens with two attached hydrogens (primary N) is 1. The van der Waals surface area contributed by atoms with Crippen molar-refractivity contribution >= 4 is 11.8 Å². The summed E-state index contributed by atoms with van der Waals surface area (Å²) in [7, 11) is 0. The van der Waals surface area contributed by atoms with Gasteiger partial charge in [0.2, 0.25) is 0 Å². The number of rotatable bonds is 7. The van der Waals surface area contributed by atoms with Crippen molar-refractivity contribution in [3.8, 4) is 0 Å². The zero-order valence-electron chi connectivity index (χ0n) is 8.91. The van der Waals surface area contributed by atoms with Gasteiger partial charge in [0.05, 0.1) is 6.61 Å². The van der Waals surface area contributed by atoms with Crippen LogP contribution in [-0.4, -0.2) is 24.4 Å². The summed E-state index contributed by atoms with van der Waals surface area (Å²) in [5, 5.41) is 0. The fraction of sp³-hybridized carbons (Fsp3) is 0.800. The normalized spacial score (nSPS) is 12.2. The first-order valence-corrected chi connectivity index (χ1v) is 5.05. The minimum absolute atomic E-state index is 0.159. The van der Waals surface area contributed by atoms with Crippen molar-refractivity contribution in [1.82, 2.24) is 0 Å². The summed E-state index contributed by atoms with van der Waals surface area (Å²) in [6.07, 6.45) is 2.16. The van der Waals surface area contributed by atoms with Crippen LogP contribution in [0.3, 0.4) is 0 Å². The van der Waals surface area contributed by atoms with E-state index in [4.69, 9.17) is 10.5 Å². The molecule has 1 atom stereocenters. The third-order valence-electron chi connectivity index (χ3n) is 1.85. The SMILES string of the molecule is CCCC(=O)CC[C@H](N)C(=O)OCC. The van der Waals surface area contributed by atoms with Gasteiger partial charge < -0.3 is 10.5 Å². The minimum Gasteiger partial charge on any atom is -0.465 e. The second kappa shape index (κ2) is 7.50. The van der Waals surface area contributed by atoms with E-state index in [0.29, 0.717) is 25.9 Å². The highest BCUT2D eigenvalue weighted by Crippen LogP contribution is 2.02. The second-order valence-corrected chi connectivity index (χ2v) is 3.19. The maximum absolute atomic E-state index is 11.1. The first kappa shape index (κ1) is 13.1. The van der Waals surface area contributed by atoms with Crippen LogP contribution in [0.2, 0.25) is 0 Å². The van der Waals surface area contributed by atoms with Gasteiger partial charge in [-0.25, -0.2) is 0 Å². The van der Waals surface area contributed by atoms with E-state index >= 15 is 0 Å². The maximum Gasteiger partial charge on any atom is 0.322 e. The highest BCUT2D eigenvalue weighted by molar-refractivity contribution is 5.80. The van der Waals surface area contributed by atoms with E-state index in [9.17, 15) is 9.59 Å². The molecule has 0 aromatic heterocycles. The molecule has 0 amide bonds. The third-order valence-corrected chi connectivity index (χ3v) is 1.85. The number of hydrogen-bond donors (Lipinski definition) is 1. The van der Waals surface area contributed by atoms with Crippen LogP contribution >= 0.6 is 0 Å². The first-order valence-electron chi connectivity index (χ1n) is 5.05. The highest BCUT2D eigenvalue weighted by Gasteiger charge is 2.15. The molecular formula is C10H19NO3. The first-order chi connectivity index (χ1) is 6.61. The monoisotopic (exact) mass is 201 g/mol. The molecule has 4 heteroatoms. The van der Waals surface area contributed by atoms with E-state index in [1.54, 1.807) is 6.92 Å². The molecule has 0 aliphatic rings. The fourth-order valence-electron chi connectivity index (χ4n) is 1.09. The summed E-state index contributed by atoms with van der Waals surface area (Å²) < 4.78 is 4.72. The lowest BCUT2D eigenvalue weighted by atomic mass is 10.1. The molecule has 0 saturated carbocycles. The van der Waals surface area contributed by atoms with Crippen LogP contribution in [0.4, 0.5) is 0 Å². The lowest BCUT2D eigenvalue weighted by molar-refractivity contribution is -0.144. The van der Waals surface area contributed by atoms with Gasteiger partial charge in [0.25, 0.3) is 0 Å². The molecule has 82 valence electrons. The molecule has 0 aromatic carbocycles. The van der Waals surface area contributed by atoms with E-state index in [2.05, 4.69) is 0 Å². The summed E-state index contributed by atoms with van der Waals surface area (Å²) in [6.45, 7) is 4.01. The van der Waals surface area contributed by atoms with E-state index in [-0.39, 0.29) is 5.78 Å². The van der Waals surface area contributed by atoms with Crippen molar-refractivity contribution in [3.05, 3.63) is 0 Å². The van der Waals surface area contributed by atoms with Gasteiger partial charge in [0, 0.05) is 12.8 Å². The topological polar surface area (TPSA) is 69.4 Å². The van der Waals surface area contributed by atoms with Crippen LogP contribution in [0.1, 0.15) is 39.5 Å². The van der Waals surface area contributed by atoms with Crippen LogP contribution < -0.4 is 5.73 Å². The molecule has 14 heavy (non-hydrogen) atoms. The summed E-state index contributed by atoms with van der Waals surface area (Å²) >= 11 is 0. The quantitative estimate of drug-likeness (QED) is 0.624. The van der Waals surface area contributed by atoms with Crippen LogP contribution in [0, 0.1) is 0 Å². The number of carbonyl (C=O) groups is 2. The van der Waals surface area contributed by atoms with Crippen molar-refractivity contribution in [2.75, 3.05) is 6.61 Å². The molecule has 0 radical (unpaired) electrons. The van der Waals surface area contributed by atoms with E-state index < -0.39 is 12.0 Å². The van der Waals surface area contributed by atoms with Gasteiger partial charge in [0.1, 0.15) is 11.8 Å². The Morgan fingerprint density at radius 2 is 1.93 bits per heavy atom. The molecule has 0 aromatic rings. The molecule has 0 saturated heterocycles. The molecular weight excluding hydrogens is 182 g/mol.